The number of phenols is 1. The minimum absolute atomic E-state index is 0.0228. The van der Waals surface area contributed by atoms with E-state index >= 15 is 0 Å². The van der Waals surface area contributed by atoms with Gasteiger partial charge in [-0.15, -0.1) is 0 Å². The first-order valence-corrected chi connectivity index (χ1v) is 7.22. The molecule has 5 heteroatoms. The summed E-state index contributed by atoms with van der Waals surface area (Å²) >= 11 is 0. The first kappa shape index (κ1) is 13.2. The molecule has 0 saturated carbocycles. The van der Waals surface area contributed by atoms with Gasteiger partial charge in [0.15, 0.2) is 0 Å². The Morgan fingerprint density at radius 1 is 1.25 bits per heavy atom. The largest absolute Gasteiger partial charge is 0.508 e. The zero-order valence-electron chi connectivity index (χ0n) is 11.5. The SMILES string of the molecule is O=C(NCc1ccc(O)cc1)N1CC2CNCC(C2)C1. The molecule has 2 aliphatic rings. The zero-order valence-corrected chi connectivity index (χ0v) is 11.5. The number of amides is 2. The molecule has 2 heterocycles. The topological polar surface area (TPSA) is 64.6 Å². The summed E-state index contributed by atoms with van der Waals surface area (Å²) < 4.78 is 0. The molecule has 0 aliphatic carbocycles. The van der Waals surface area contributed by atoms with Gasteiger partial charge >= 0.3 is 6.03 Å². The van der Waals surface area contributed by atoms with Crippen molar-refractivity contribution in [1.82, 2.24) is 15.5 Å². The van der Waals surface area contributed by atoms with Crippen LogP contribution in [0.15, 0.2) is 24.3 Å². The summed E-state index contributed by atoms with van der Waals surface area (Å²) in [6.45, 7) is 4.26. The second-order valence-electron chi connectivity index (χ2n) is 5.86. The molecule has 2 fully saturated rings. The van der Waals surface area contributed by atoms with E-state index in [1.54, 1.807) is 12.1 Å². The summed E-state index contributed by atoms with van der Waals surface area (Å²) in [5.41, 5.74) is 0.995. The summed E-state index contributed by atoms with van der Waals surface area (Å²) in [7, 11) is 0. The molecule has 0 radical (unpaired) electrons. The van der Waals surface area contributed by atoms with Gasteiger partial charge in [0.1, 0.15) is 5.75 Å². The molecule has 2 aliphatic heterocycles. The number of nitrogens with one attached hydrogen (secondary N) is 2. The molecular weight excluding hydrogens is 254 g/mol. The van der Waals surface area contributed by atoms with E-state index in [1.165, 1.54) is 6.42 Å². The fourth-order valence-electron chi connectivity index (χ4n) is 3.17. The maximum atomic E-state index is 12.2. The van der Waals surface area contributed by atoms with Crippen LogP contribution >= 0.6 is 0 Å². The maximum absolute atomic E-state index is 12.2. The summed E-state index contributed by atoms with van der Waals surface area (Å²) in [5, 5.41) is 15.6. The minimum Gasteiger partial charge on any atom is -0.508 e. The monoisotopic (exact) mass is 275 g/mol. The molecular formula is C15H21N3O2. The second-order valence-corrected chi connectivity index (χ2v) is 5.86. The van der Waals surface area contributed by atoms with Gasteiger partial charge in [-0.05, 0) is 49.0 Å². The van der Waals surface area contributed by atoms with Gasteiger partial charge in [-0.25, -0.2) is 4.79 Å². The Kier molecular flexibility index (Phi) is 3.78. The highest BCUT2D eigenvalue weighted by Crippen LogP contribution is 2.24. The van der Waals surface area contributed by atoms with Crippen LogP contribution in [0.3, 0.4) is 0 Å². The molecule has 2 atom stereocenters. The number of benzene rings is 1. The quantitative estimate of drug-likeness (QED) is 0.758. The van der Waals surface area contributed by atoms with Gasteiger partial charge in [0, 0.05) is 19.6 Å². The van der Waals surface area contributed by atoms with E-state index in [2.05, 4.69) is 10.6 Å². The van der Waals surface area contributed by atoms with Crippen LogP contribution in [0.1, 0.15) is 12.0 Å². The lowest BCUT2D eigenvalue weighted by molar-refractivity contribution is 0.113. The number of carbonyl (C=O) groups is 1. The van der Waals surface area contributed by atoms with E-state index in [4.69, 9.17) is 0 Å². The number of likely N-dealkylation sites (tertiary alicyclic amines) is 1. The minimum atomic E-state index is 0.0228. The Morgan fingerprint density at radius 2 is 1.90 bits per heavy atom. The lowest BCUT2D eigenvalue weighted by atomic mass is 9.86. The zero-order chi connectivity index (χ0) is 13.9. The van der Waals surface area contributed by atoms with Gasteiger partial charge in [-0.3, -0.25) is 0 Å². The average Bonchev–Trinajstić information content (AvgIpc) is 2.46. The predicted molar refractivity (Wildman–Crippen MR) is 76.4 cm³/mol. The summed E-state index contributed by atoms with van der Waals surface area (Å²) in [4.78, 5) is 14.2. The number of piperidine rings is 2. The van der Waals surface area contributed by atoms with Crippen molar-refractivity contribution in [2.75, 3.05) is 26.2 Å². The number of hydrogen-bond donors (Lipinski definition) is 3. The molecule has 108 valence electrons. The van der Waals surface area contributed by atoms with E-state index < -0.39 is 0 Å². The first-order chi connectivity index (χ1) is 9.70. The molecule has 5 nitrogen and oxygen atoms in total. The van der Waals surface area contributed by atoms with Crippen molar-refractivity contribution < 1.29 is 9.90 Å². The summed E-state index contributed by atoms with van der Waals surface area (Å²) in [6, 6.07) is 6.95. The van der Waals surface area contributed by atoms with E-state index in [0.717, 1.165) is 31.7 Å². The van der Waals surface area contributed by atoms with Gasteiger partial charge < -0.3 is 20.6 Å². The van der Waals surface area contributed by atoms with Crippen molar-refractivity contribution in [2.24, 2.45) is 11.8 Å². The van der Waals surface area contributed by atoms with Crippen LogP contribution in [-0.2, 0) is 6.54 Å². The van der Waals surface area contributed by atoms with Crippen LogP contribution < -0.4 is 10.6 Å². The number of nitrogens with zero attached hydrogens (tertiary/aromatic N) is 1. The highest BCUT2D eigenvalue weighted by Gasteiger charge is 2.32. The molecule has 3 rings (SSSR count). The van der Waals surface area contributed by atoms with Crippen LogP contribution in [0.25, 0.3) is 0 Å². The third-order valence-electron chi connectivity index (χ3n) is 4.16. The Bertz CT molecular complexity index is 463. The Balaban J connectivity index is 1.52. The second kappa shape index (κ2) is 5.71. The standard InChI is InChI=1S/C15H21N3O2/c19-14-3-1-11(2-4-14)8-17-15(20)18-9-12-5-13(10-18)7-16-6-12/h1-4,12-13,16,19H,5-10H2,(H,17,20). The molecule has 2 bridgehead atoms. The number of fused-ring (bicyclic) bond motifs is 2. The smallest absolute Gasteiger partial charge is 0.317 e. The third-order valence-corrected chi connectivity index (χ3v) is 4.16. The number of aromatic hydroxyl groups is 1. The Hall–Kier alpha value is -1.75. The van der Waals surface area contributed by atoms with Gasteiger partial charge in [-0.1, -0.05) is 12.1 Å². The van der Waals surface area contributed by atoms with Crippen molar-refractivity contribution in [3.8, 4) is 5.75 Å². The molecule has 0 aromatic heterocycles. The predicted octanol–water partition coefficient (Wildman–Crippen LogP) is 1.14. The lowest BCUT2D eigenvalue weighted by Crippen LogP contribution is -2.54. The van der Waals surface area contributed by atoms with Crippen LogP contribution in [0.2, 0.25) is 0 Å². The number of hydrogen-bond acceptors (Lipinski definition) is 3. The van der Waals surface area contributed by atoms with Crippen LogP contribution in [0.5, 0.6) is 5.75 Å². The lowest BCUT2D eigenvalue weighted by Gasteiger charge is -2.41. The fourth-order valence-corrected chi connectivity index (χ4v) is 3.17. The van der Waals surface area contributed by atoms with Crippen molar-refractivity contribution in [1.29, 1.82) is 0 Å². The van der Waals surface area contributed by atoms with Gasteiger partial charge in [0.05, 0.1) is 0 Å². The third kappa shape index (κ3) is 3.04. The van der Waals surface area contributed by atoms with Crippen LogP contribution in [0.4, 0.5) is 4.79 Å². The van der Waals surface area contributed by atoms with E-state index in [1.807, 2.05) is 17.0 Å². The molecule has 2 unspecified atom stereocenters. The summed E-state index contributed by atoms with van der Waals surface area (Å²) in [5.74, 6) is 1.44. The molecule has 1 aromatic rings. The number of carbonyl (C=O) groups excluding carboxylic acids is 1. The van der Waals surface area contributed by atoms with E-state index in [0.29, 0.717) is 18.4 Å². The number of urea groups is 1. The maximum Gasteiger partial charge on any atom is 0.317 e. The molecule has 2 saturated heterocycles. The first-order valence-electron chi connectivity index (χ1n) is 7.22. The van der Waals surface area contributed by atoms with Crippen molar-refractivity contribution in [3.05, 3.63) is 29.8 Å². The highest BCUT2D eigenvalue weighted by molar-refractivity contribution is 5.74. The van der Waals surface area contributed by atoms with E-state index in [-0.39, 0.29) is 11.8 Å². The number of rotatable bonds is 2. The van der Waals surface area contributed by atoms with Gasteiger partial charge in [0.25, 0.3) is 0 Å². The summed E-state index contributed by atoms with van der Waals surface area (Å²) in [6.07, 6.45) is 1.24. The van der Waals surface area contributed by atoms with Crippen LogP contribution in [0, 0.1) is 11.8 Å². The fraction of sp³-hybridized carbons (Fsp3) is 0.533. The number of phenolic OH excluding ortho intramolecular Hbond substituents is 1. The van der Waals surface area contributed by atoms with Crippen LogP contribution in [-0.4, -0.2) is 42.2 Å². The molecule has 2 amide bonds. The Labute approximate surface area is 119 Å². The van der Waals surface area contributed by atoms with Crippen molar-refractivity contribution >= 4 is 6.03 Å². The van der Waals surface area contributed by atoms with Gasteiger partial charge in [0.2, 0.25) is 0 Å². The average molecular weight is 275 g/mol. The molecule has 20 heavy (non-hydrogen) atoms. The molecule has 3 N–H and O–H groups in total. The molecule has 0 spiro atoms. The highest BCUT2D eigenvalue weighted by atomic mass is 16.3. The van der Waals surface area contributed by atoms with E-state index in [9.17, 15) is 9.90 Å². The molecule has 1 aromatic carbocycles. The normalized spacial score (nSPS) is 25.3. The Morgan fingerprint density at radius 3 is 2.55 bits per heavy atom. The van der Waals surface area contributed by atoms with Crippen molar-refractivity contribution in [2.45, 2.75) is 13.0 Å². The van der Waals surface area contributed by atoms with Gasteiger partial charge in [-0.2, -0.15) is 0 Å². The van der Waals surface area contributed by atoms with Crippen molar-refractivity contribution in [3.63, 3.8) is 0 Å².